The summed E-state index contributed by atoms with van der Waals surface area (Å²) in [5, 5.41) is 11.2. The number of anilines is 1. The van der Waals surface area contributed by atoms with Crippen LogP contribution in [0.25, 0.3) is 0 Å². The van der Waals surface area contributed by atoms with Gasteiger partial charge in [-0.1, -0.05) is 0 Å². The van der Waals surface area contributed by atoms with Gasteiger partial charge in [0.1, 0.15) is 5.69 Å². The van der Waals surface area contributed by atoms with Crippen LogP contribution < -0.4 is 4.90 Å². The standard InChI is InChI=1S/C12H17N3O6S2/c1-22(18,19)10-3-4-11(12(9-10)15(16)17)13-5-7-14(8-6-13)23(2,20)21/h3-4,9H,5-8H2,1-2H3. The van der Waals surface area contributed by atoms with Crippen LogP contribution in [0, 0.1) is 10.1 Å². The van der Waals surface area contributed by atoms with Crippen LogP contribution in [0.3, 0.4) is 0 Å². The van der Waals surface area contributed by atoms with E-state index in [0.29, 0.717) is 13.1 Å². The van der Waals surface area contributed by atoms with E-state index in [1.165, 1.54) is 16.4 Å². The van der Waals surface area contributed by atoms with Gasteiger partial charge in [0.25, 0.3) is 5.69 Å². The monoisotopic (exact) mass is 363 g/mol. The summed E-state index contributed by atoms with van der Waals surface area (Å²) in [5.74, 6) is 0. The molecule has 23 heavy (non-hydrogen) atoms. The van der Waals surface area contributed by atoms with E-state index >= 15 is 0 Å². The van der Waals surface area contributed by atoms with Crippen molar-refractivity contribution < 1.29 is 21.8 Å². The first-order chi connectivity index (χ1) is 10.5. The van der Waals surface area contributed by atoms with Crippen LogP contribution in [0.5, 0.6) is 0 Å². The molecule has 0 bridgehead atoms. The van der Waals surface area contributed by atoms with Gasteiger partial charge in [-0.05, 0) is 12.1 Å². The van der Waals surface area contributed by atoms with Crippen molar-refractivity contribution >= 4 is 31.2 Å². The molecule has 1 aliphatic rings. The average molecular weight is 363 g/mol. The fourth-order valence-corrected chi connectivity index (χ4v) is 3.88. The van der Waals surface area contributed by atoms with E-state index in [0.717, 1.165) is 18.6 Å². The molecular formula is C12H17N3O6S2. The lowest BCUT2D eigenvalue weighted by molar-refractivity contribution is -0.384. The highest BCUT2D eigenvalue weighted by molar-refractivity contribution is 7.90. The third-order valence-corrected chi connectivity index (χ3v) is 6.03. The highest BCUT2D eigenvalue weighted by Crippen LogP contribution is 2.31. The Bertz CT molecular complexity index is 826. The molecule has 1 heterocycles. The maximum absolute atomic E-state index is 11.5. The fraction of sp³-hybridized carbons (Fsp3) is 0.500. The average Bonchev–Trinajstić information content (AvgIpc) is 2.45. The lowest BCUT2D eigenvalue weighted by Gasteiger charge is -2.34. The summed E-state index contributed by atoms with van der Waals surface area (Å²) in [7, 11) is -6.84. The van der Waals surface area contributed by atoms with Gasteiger partial charge in [-0.15, -0.1) is 0 Å². The van der Waals surface area contributed by atoms with E-state index in [4.69, 9.17) is 0 Å². The molecule has 0 saturated carbocycles. The Labute approximate surface area is 134 Å². The quantitative estimate of drug-likeness (QED) is 0.549. The Hall–Kier alpha value is -1.72. The van der Waals surface area contributed by atoms with Crippen LogP contribution in [-0.2, 0) is 19.9 Å². The molecule has 0 N–H and O–H groups in total. The Morgan fingerprint density at radius 2 is 1.61 bits per heavy atom. The van der Waals surface area contributed by atoms with Crippen LogP contribution in [0.1, 0.15) is 0 Å². The Morgan fingerprint density at radius 1 is 1.04 bits per heavy atom. The molecule has 1 saturated heterocycles. The largest absolute Gasteiger partial charge is 0.363 e. The first-order valence-corrected chi connectivity index (χ1v) is 10.4. The predicted octanol–water partition coefficient (Wildman–Crippen LogP) is 0.0799. The van der Waals surface area contributed by atoms with Crippen LogP contribution in [0.2, 0.25) is 0 Å². The third kappa shape index (κ3) is 3.98. The van der Waals surface area contributed by atoms with Crippen molar-refractivity contribution in [3.8, 4) is 0 Å². The number of rotatable bonds is 4. The molecule has 1 aliphatic heterocycles. The Morgan fingerprint density at radius 3 is 2.04 bits per heavy atom. The van der Waals surface area contributed by atoms with Crippen molar-refractivity contribution in [2.24, 2.45) is 0 Å². The first kappa shape index (κ1) is 17.6. The van der Waals surface area contributed by atoms with Crippen molar-refractivity contribution in [3.63, 3.8) is 0 Å². The number of sulfonamides is 1. The molecule has 0 radical (unpaired) electrons. The molecule has 0 atom stereocenters. The number of nitro groups is 1. The summed E-state index contributed by atoms with van der Waals surface area (Å²) in [5.41, 5.74) is -0.0173. The zero-order valence-corrected chi connectivity index (χ0v) is 14.3. The van der Waals surface area contributed by atoms with Crippen molar-refractivity contribution in [2.75, 3.05) is 43.6 Å². The van der Waals surface area contributed by atoms with Crippen molar-refractivity contribution in [2.45, 2.75) is 4.90 Å². The maximum Gasteiger partial charge on any atom is 0.293 e. The number of piperazine rings is 1. The van der Waals surface area contributed by atoms with Crippen molar-refractivity contribution in [1.29, 1.82) is 0 Å². The SMILES string of the molecule is CS(=O)(=O)c1ccc(N2CCN(S(C)(=O)=O)CC2)c([N+](=O)[O-])c1. The van der Waals surface area contributed by atoms with Gasteiger partial charge in [0.05, 0.1) is 16.1 Å². The summed E-state index contributed by atoms with van der Waals surface area (Å²) in [6.45, 7) is 1.05. The van der Waals surface area contributed by atoms with Gasteiger partial charge in [-0.3, -0.25) is 10.1 Å². The number of hydrogen-bond donors (Lipinski definition) is 0. The van der Waals surface area contributed by atoms with E-state index in [2.05, 4.69) is 0 Å². The lowest BCUT2D eigenvalue weighted by atomic mass is 10.2. The van der Waals surface area contributed by atoms with E-state index in [1.807, 2.05) is 0 Å². The molecule has 11 heteroatoms. The molecule has 0 aliphatic carbocycles. The second kappa shape index (κ2) is 6.06. The van der Waals surface area contributed by atoms with Gasteiger partial charge in [-0.2, -0.15) is 4.31 Å². The summed E-state index contributed by atoms with van der Waals surface area (Å²) in [4.78, 5) is 12.2. The zero-order valence-electron chi connectivity index (χ0n) is 12.7. The molecule has 0 unspecified atom stereocenters. The number of benzene rings is 1. The minimum Gasteiger partial charge on any atom is -0.363 e. The summed E-state index contributed by atoms with van der Waals surface area (Å²) >= 11 is 0. The molecule has 128 valence electrons. The minimum absolute atomic E-state index is 0.122. The molecule has 1 aromatic rings. The lowest BCUT2D eigenvalue weighted by Crippen LogP contribution is -2.48. The molecule has 2 rings (SSSR count). The van der Waals surface area contributed by atoms with Crippen molar-refractivity contribution in [3.05, 3.63) is 28.3 Å². The van der Waals surface area contributed by atoms with Gasteiger partial charge < -0.3 is 4.90 Å². The number of nitrogens with zero attached hydrogens (tertiary/aromatic N) is 3. The second-order valence-electron chi connectivity index (χ2n) is 5.33. The van der Waals surface area contributed by atoms with Gasteiger partial charge in [0, 0.05) is 38.5 Å². The maximum atomic E-state index is 11.5. The molecular weight excluding hydrogens is 346 g/mol. The normalized spacial score (nSPS) is 17.2. The molecule has 0 amide bonds. The fourth-order valence-electron chi connectivity index (χ4n) is 2.41. The predicted molar refractivity (Wildman–Crippen MR) is 84.8 cm³/mol. The summed E-state index contributed by atoms with van der Waals surface area (Å²) < 4.78 is 47.4. The summed E-state index contributed by atoms with van der Waals surface area (Å²) in [6, 6.07) is 3.75. The molecule has 1 aromatic carbocycles. The highest BCUT2D eigenvalue weighted by atomic mass is 32.2. The van der Waals surface area contributed by atoms with E-state index in [9.17, 15) is 26.9 Å². The number of sulfone groups is 1. The van der Waals surface area contributed by atoms with Gasteiger partial charge >= 0.3 is 0 Å². The third-order valence-electron chi connectivity index (χ3n) is 3.62. The van der Waals surface area contributed by atoms with Gasteiger partial charge in [-0.25, -0.2) is 16.8 Å². The Balaban J connectivity index is 2.32. The van der Waals surface area contributed by atoms with Crippen LogP contribution >= 0.6 is 0 Å². The van der Waals surface area contributed by atoms with E-state index in [1.54, 1.807) is 4.90 Å². The smallest absolute Gasteiger partial charge is 0.293 e. The molecule has 0 aromatic heterocycles. The van der Waals surface area contributed by atoms with E-state index < -0.39 is 24.8 Å². The first-order valence-electron chi connectivity index (χ1n) is 6.69. The molecule has 9 nitrogen and oxygen atoms in total. The zero-order chi connectivity index (χ0) is 17.4. The minimum atomic E-state index is -3.54. The Kier molecular flexibility index (Phi) is 4.64. The van der Waals surface area contributed by atoms with Gasteiger partial charge in [0.15, 0.2) is 9.84 Å². The van der Waals surface area contributed by atoms with Crippen LogP contribution in [-0.4, -0.2) is 64.8 Å². The van der Waals surface area contributed by atoms with Crippen LogP contribution in [0.4, 0.5) is 11.4 Å². The number of nitro benzene ring substituents is 1. The molecule has 1 fully saturated rings. The number of hydrogen-bond acceptors (Lipinski definition) is 7. The topological polar surface area (TPSA) is 118 Å². The molecule has 0 spiro atoms. The second-order valence-corrected chi connectivity index (χ2v) is 9.33. The van der Waals surface area contributed by atoms with Crippen molar-refractivity contribution in [1.82, 2.24) is 4.31 Å². The van der Waals surface area contributed by atoms with Gasteiger partial charge in [0.2, 0.25) is 10.0 Å². The van der Waals surface area contributed by atoms with E-state index in [-0.39, 0.29) is 29.4 Å². The summed E-state index contributed by atoms with van der Waals surface area (Å²) in [6.07, 6.45) is 2.10. The van der Waals surface area contributed by atoms with Crippen LogP contribution in [0.15, 0.2) is 23.1 Å². The highest BCUT2D eigenvalue weighted by Gasteiger charge is 2.28.